The molecule has 0 aromatic heterocycles. The largest absolute Gasteiger partial charge is 0.481 e. The fourth-order valence-corrected chi connectivity index (χ4v) is 0.781. The molecule has 1 unspecified atom stereocenters. The molecule has 0 heterocycles. The molecule has 0 bridgehead atoms. The zero-order valence-electron chi connectivity index (χ0n) is 5.61. The summed E-state index contributed by atoms with van der Waals surface area (Å²) >= 11 is 0. The average Bonchev–Trinajstić information content (AvgIpc) is 1.90. The standard InChI is InChI=1S/C5H9O4P/c1-9-5(10-8)3-2-4(6)7/h5H,2-3H2,1H3,(H,6,7). The van der Waals surface area contributed by atoms with Gasteiger partial charge in [0.15, 0.2) is 8.46 Å². The second-order valence-electron chi connectivity index (χ2n) is 1.73. The first-order chi connectivity index (χ1) is 4.70. The van der Waals surface area contributed by atoms with Crippen LogP contribution in [-0.2, 0) is 14.1 Å². The second kappa shape index (κ2) is 5.33. The Morgan fingerprint density at radius 2 is 2.40 bits per heavy atom. The summed E-state index contributed by atoms with van der Waals surface area (Å²) in [5.41, 5.74) is 0. The summed E-state index contributed by atoms with van der Waals surface area (Å²) in [6.45, 7) is 0. The number of carbonyl (C=O) groups is 1. The lowest BCUT2D eigenvalue weighted by atomic mass is 10.3. The summed E-state index contributed by atoms with van der Waals surface area (Å²) in [6.07, 6.45) is 0.282. The molecule has 4 nitrogen and oxygen atoms in total. The van der Waals surface area contributed by atoms with E-state index in [2.05, 4.69) is 4.74 Å². The Morgan fingerprint density at radius 3 is 2.70 bits per heavy atom. The van der Waals surface area contributed by atoms with Gasteiger partial charge in [-0.2, -0.15) is 0 Å². The van der Waals surface area contributed by atoms with Crippen molar-refractivity contribution in [2.45, 2.75) is 18.7 Å². The SMILES string of the molecule is COC(CCC(=O)O)P=O. The highest BCUT2D eigenvalue weighted by atomic mass is 31.1. The maximum Gasteiger partial charge on any atom is 0.303 e. The lowest BCUT2D eigenvalue weighted by Gasteiger charge is -2.02. The van der Waals surface area contributed by atoms with Crippen LogP contribution in [0, 0.1) is 0 Å². The number of rotatable bonds is 5. The second-order valence-corrected chi connectivity index (χ2v) is 2.51. The molecular formula is C5H9O4P. The first-order valence-electron chi connectivity index (χ1n) is 2.77. The van der Waals surface area contributed by atoms with Crippen molar-refractivity contribution in [3.8, 4) is 0 Å². The van der Waals surface area contributed by atoms with Crippen LogP contribution in [0.25, 0.3) is 0 Å². The molecule has 0 aliphatic rings. The Balaban J connectivity index is 3.44. The highest BCUT2D eigenvalue weighted by molar-refractivity contribution is 7.24. The molecule has 0 rings (SSSR count). The van der Waals surface area contributed by atoms with Gasteiger partial charge in [0.1, 0.15) is 5.85 Å². The summed E-state index contributed by atoms with van der Waals surface area (Å²) in [7, 11) is 1.24. The lowest BCUT2D eigenvalue weighted by molar-refractivity contribution is -0.137. The zero-order valence-corrected chi connectivity index (χ0v) is 6.51. The van der Waals surface area contributed by atoms with Gasteiger partial charge >= 0.3 is 5.97 Å². The van der Waals surface area contributed by atoms with Crippen LogP contribution in [0.5, 0.6) is 0 Å². The molecule has 0 aliphatic carbocycles. The van der Waals surface area contributed by atoms with E-state index in [1.54, 1.807) is 0 Å². The molecule has 1 atom stereocenters. The number of hydrogen-bond donors (Lipinski definition) is 1. The molecule has 0 radical (unpaired) electrons. The fraction of sp³-hybridized carbons (Fsp3) is 0.800. The van der Waals surface area contributed by atoms with Gasteiger partial charge < -0.3 is 9.84 Å². The first-order valence-corrected chi connectivity index (χ1v) is 3.66. The molecule has 0 aliphatic heterocycles. The van der Waals surface area contributed by atoms with E-state index in [-0.39, 0.29) is 21.3 Å². The molecule has 0 spiro atoms. The van der Waals surface area contributed by atoms with Crippen LogP contribution >= 0.6 is 8.46 Å². The van der Waals surface area contributed by atoms with Gasteiger partial charge in [0.05, 0.1) is 0 Å². The minimum Gasteiger partial charge on any atom is -0.481 e. The van der Waals surface area contributed by atoms with E-state index >= 15 is 0 Å². The molecule has 1 N–H and O–H groups in total. The minimum atomic E-state index is -0.898. The van der Waals surface area contributed by atoms with Crippen molar-refractivity contribution in [1.82, 2.24) is 0 Å². The van der Waals surface area contributed by atoms with Gasteiger partial charge in [0.25, 0.3) is 0 Å². The number of carboxylic acids is 1. The van der Waals surface area contributed by atoms with Crippen molar-refractivity contribution in [2.24, 2.45) is 0 Å². The Labute approximate surface area is 60.4 Å². The topological polar surface area (TPSA) is 63.6 Å². The summed E-state index contributed by atoms with van der Waals surface area (Å²) in [5.74, 6) is -1.37. The summed E-state index contributed by atoms with van der Waals surface area (Å²) in [5, 5.41) is 8.19. The average molecular weight is 164 g/mol. The fourth-order valence-electron chi connectivity index (χ4n) is 0.461. The summed E-state index contributed by atoms with van der Waals surface area (Å²) in [6, 6.07) is 0. The van der Waals surface area contributed by atoms with E-state index in [0.717, 1.165) is 0 Å². The third-order valence-corrected chi connectivity index (χ3v) is 1.70. The third kappa shape index (κ3) is 4.41. The smallest absolute Gasteiger partial charge is 0.303 e. The van der Waals surface area contributed by atoms with Crippen molar-refractivity contribution < 1.29 is 19.2 Å². The molecule has 0 saturated heterocycles. The zero-order chi connectivity index (χ0) is 7.98. The normalized spacial score (nSPS) is 13.3. The quantitative estimate of drug-likeness (QED) is 0.618. The molecule has 0 fully saturated rings. The van der Waals surface area contributed by atoms with Crippen molar-refractivity contribution in [1.29, 1.82) is 0 Å². The summed E-state index contributed by atoms with van der Waals surface area (Å²) in [4.78, 5) is 9.97. The van der Waals surface area contributed by atoms with Crippen LogP contribution in [0.15, 0.2) is 0 Å². The molecule has 58 valence electrons. The Bertz CT molecular complexity index is 125. The van der Waals surface area contributed by atoms with Crippen LogP contribution in [0.2, 0.25) is 0 Å². The van der Waals surface area contributed by atoms with E-state index in [0.29, 0.717) is 0 Å². The van der Waals surface area contributed by atoms with Gasteiger partial charge in [-0.15, -0.1) is 0 Å². The Kier molecular flexibility index (Phi) is 5.08. The maximum absolute atomic E-state index is 10.1. The van der Waals surface area contributed by atoms with Crippen LogP contribution in [0.1, 0.15) is 12.8 Å². The predicted octanol–water partition coefficient (Wildman–Crippen LogP) is 1.12. The van der Waals surface area contributed by atoms with Crippen molar-refractivity contribution in [3.05, 3.63) is 0 Å². The van der Waals surface area contributed by atoms with Gasteiger partial charge in [-0.3, -0.25) is 9.36 Å². The van der Waals surface area contributed by atoms with Crippen LogP contribution < -0.4 is 0 Å². The van der Waals surface area contributed by atoms with Crippen LogP contribution in [0.3, 0.4) is 0 Å². The highest BCUT2D eigenvalue weighted by Gasteiger charge is 2.08. The summed E-state index contributed by atoms with van der Waals surface area (Å²) < 4.78 is 14.8. The van der Waals surface area contributed by atoms with Crippen molar-refractivity contribution in [3.63, 3.8) is 0 Å². The number of carboxylic acid groups (broad SMARTS) is 1. The van der Waals surface area contributed by atoms with Crippen molar-refractivity contribution >= 4 is 14.4 Å². The minimum absolute atomic E-state index is 0.00620. The lowest BCUT2D eigenvalue weighted by Crippen LogP contribution is -2.05. The number of methoxy groups -OCH3 is 1. The molecular weight excluding hydrogens is 155 g/mol. The van der Waals surface area contributed by atoms with E-state index in [9.17, 15) is 9.36 Å². The van der Waals surface area contributed by atoms with Gasteiger partial charge in [-0.05, 0) is 6.42 Å². The predicted molar refractivity (Wildman–Crippen MR) is 35.3 cm³/mol. The van der Waals surface area contributed by atoms with Gasteiger partial charge in [0.2, 0.25) is 0 Å². The molecule has 0 amide bonds. The van der Waals surface area contributed by atoms with E-state index in [1.807, 2.05) is 0 Å². The number of hydrogen-bond acceptors (Lipinski definition) is 3. The molecule has 0 aromatic carbocycles. The Hall–Kier alpha value is -0.470. The molecule has 5 heteroatoms. The van der Waals surface area contributed by atoms with Gasteiger partial charge in [0, 0.05) is 13.5 Å². The van der Waals surface area contributed by atoms with Gasteiger partial charge in [-0.25, -0.2) is 0 Å². The highest BCUT2D eigenvalue weighted by Crippen LogP contribution is 2.12. The Morgan fingerprint density at radius 1 is 1.80 bits per heavy atom. The van der Waals surface area contributed by atoms with Gasteiger partial charge in [-0.1, -0.05) is 0 Å². The number of ether oxygens (including phenoxy) is 1. The molecule has 10 heavy (non-hydrogen) atoms. The molecule has 0 saturated carbocycles. The molecule has 0 aromatic rings. The van der Waals surface area contributed by atoms with Crippen molar-refractivity contribution in [2.75, 3.05) is 7.11 Å². The maximum atomic E-state index is 10.1. The monoisotopic (exact) mass is 164 g/mol. The van der Waals surface area contributed by atoms with E-state index in [1.165, 1.54) is 7.11 Å². The van der Waals surface area contributed by atoms with E-state index < -0.39 is 11.8 Å². The van der Waals surface area contributed by atoms with Crippen LogP contribution in [-0.4, -0.2) is 24.0 Å². The van der Waals surface area contributed by atoms with Crippen LogP contribution in [0.4, 0.5) is 0 Å². The van der Waals surface area contributed by atoms with E-state index in [4.69, 9.17) is 5.11 Å². The third-order valence-electron chi connectivity index (χ3n) is 0.995. The first kappa shape index (κ1) is 9.53. The number of aliphatic carboxylic acids is 1.